The normalized spacial score (nSPS) is 12.6. The van der Waals surface area contributed by atoms with Gasteiger partial charge >= 0.3 is 0 Å². The first-order valence-electron chi connectivity index (χ1n) is 17.5. The minimum atomic E-state index is 1.05. The van der Waals surface area contributed by atoms with E-state index >= 15 is 0 Å². The number of aromatic nitrogens is 2. The molecular formula is C48H34N2. The van der Waals surface area contributed by atoms with Crippen molar-refractivity contribution >= 4 is 38.8 Å². The Morgan fingerprint density at radius 1 is 0.360 bits per heavy atom. The summed E-state index contributed by atoms with van der Waals surface area (Å²) >= 11 is 0. The van der Waals surface area contributed by atoms with Gasteiger partial charge < -0.3 is 9.13 Å². The van der Waals surface area contributed by atoms with Crippen LogP contribution in [0, 0.1) is 0 Å². The Hall–Kier alpha value is -6.38. The lowest BCUT2D eigenvalue weighted by atomic mass is 9.97. The summed E-state index contributed by atoms with van der Waals surface area (Å²) in [5.41, 5.74) is 16.2. The van der Waals surface area contributed by atoms with Crippen molar-refractivity contribution in [3.05, 3.63) is 187 Å². The molecule has 0 N–H and O–H groups in total. The molecule has 9 aromatic rings. The number of hydrogen-bond donors (Lipinski definition) is 0. The fourth-order valence-corrected chi connectivity index (χ4v) is 8.02. The highest BCUT2D eigenvalue weighted by atomic mass is 15.0. The van der Waals surface area contributed by atoms with Gasteiger partial charge in [0.05, 0.1) is 16.6 Å². The van der Waals surface area contributed by atoms with Crippen LogP contribution in [0.4, 0.5) is 0 Å². The van der Waals surface area contributed by atoms with Crippen LogP contribution in [-0.4, -0.2) is 9.13 Å². The van der Waals surface area contributed by atoms with Crippen molar-refractivity contribution in [1.29, 1.82) is 0 Å². The van der Waals surface area contributed by atoms with Gasteiger partial charge in [0.2, 0.25) is 0 Å². The number of fused-ring (bicyclic) bond motifs is 6. The van der Waals surface area contributed by atoms with Crippen LogP contribution in [0.5, 0.6) is 0 Å². The zero-order valence-corrected chi connectivity index (χ0v) is 27.6. The van der Waals surface area contributed by atoms with E-state index in [0.29, 0.717) is 0 Å². The van der Waals surface area contributed by atoms with E-state index in [2.05, 4.69) is 191 Å². The molecule has 2 heteroatoms. The van der Waals surface area contributed by atoms with Gasteiger partial charge in [-0.15, -0.1) is 0 Å². The second-order valence-electron chi connectivity index (χ2n) is 13.3. The summed E-state index contributed by atoms with van der Waals surface area (Å²) in [6, 6.07) is 62.0. The molecule has 7 aromatic carbocycles. The molecule has 50 heavy (non-hydrogen) atoms. The largest absolute Gasteiger partial charge is 0.313 e. The number of nitrogens with zero attached hydrogens (tertiary/aromatic N) is 2. The zero-order chi connectivity index (χ0) is 33.0. The van der Waals surface area contributed by atoms with Gasteiger partial charge in [0.25, 0.3) is 0 Å². The first kappa shape index (κ1) is 28.6. The summed E-state index contributed by atoms with van der Waals surface area (Å²) < 4.78 is 4.88. The first-order chi connectivity index (χ1) is 24.8. The monoisotopic (exact) mass is 638 g/mol. The summed E-state index contributed by atoms with van der Waals surface area (Å²) in [6.07, 6.45) is 6.77. The highest BCUT2D eigenvalue weighted by Gasteiger charge is 2.20. The Morgan fingerprint density at radius 2 is 0.900 bits per heavy atom. The van der Waals surface area contributed by atoms with Crippen molar-refractivity contribution in [2.24, 2.45) is 0 Å². The number of benzene rings is 7. The molecule has 2 heterocycles. The second kappa shape index (κ2) is 11.6. The topological polar surface area (TPSA) is 9.86 Å². The van der Waals surface area contributed by atoms with Crippen molar-refractivity contribution in [1.82, 2.24) is 9.13 Å². The molecule has 2 aromatic heterocycles. The standard InChI is InChI=1S/C48H34N2/c1-4-13-33(14-5-1)34-15-12-16-35(29-34)38-23-26-42-44-31-37(25-28-47(44)50(48(42)32-38)40-19-8-3-9-20-40)36-24-27-46-43(30-36)41-21-10-11-22-45(41)49(46)39-17-6-2-7-18-39/h1-10,12-21,23-32H,11,22H2. The molecule has 0 amide bonds. The average molecular weight is 639 g/mol. The fraction of sp³-hybridized carbons (Fsp3) is 0.0417. The molecule has 10 rings (SSSR count). The van der Waals surface area contributed by atoms with Gasteiger partial charge in [-0.1, -0.05) is 121 Å². The highest BCUT2D eigenvalue weighted by Crippen LogP contribution is 2.40. The van der Waals surface area contributed by atoms with E-state index in [9.17, 15) is 0 Å². The Labute approximate surface area is 291 Å². The Balaban J connectivity index is 1.14. The lowest BCUT2D eigenvalue weighted by Crippen LogP contribution is -2.02. The lowest BCUT2D eigenvalue weighted by Gasteiger charge is -2.13. The van der Waals surface area contributed by atoms with Crippen molar-refractivity contribution in [2.75, 3.05) is 0 Å². The van der Waals surface area contributed by atoms with Crippen LogP contribution in [0.1, 0.15) is 17.7 Å². The predicted octanol–water partition coefficient (Wildman–Crippen LogP) is 12.7. The molecule has 0 atom stereocenters. The van der Waals surface area contributed by atoms with E-state index < -0.39 is 0 Å². The maximum Gasteiger partial charge on any atom is 0.0547 e. The number of rotatable bonds is 5. The van der Waals surface area contributed by atoms with Crippen LogP contribution in [0.25, 0.3) is 83.5 Å². The third kappa shape index (κ3) is 4.64. The summed E-state index contributed by atoms with van der Waals surface area (Å²) in [5, 5.41) is 3.83. The molecule has 1 aliphatic carbocycles. The van der Waals surface area contributed by atoms with E-state index in [4.69, 9.17) is 0 Å². The average Bonchev–Trinajstić information content (AvgIpc) is 3.70. The molecule has 2 nitrogen and oxygen atoms in total. The van der Waals surface area contributed by atoms with Gasteiger partial charge in [0.15, 0.2) is 0 Å². The maximum absolute atomic E-state index is 2.46. The van der Waals surface area contributed by atoms with Crippen molar-refractivity contribution in [2.45, 2.75) is 12.8 Å². The summed E-state index contributed by atoms with van der Waals surface area (Å²) in [6.45, 7) is 0. The first-order valence-corrected chi connectivity index (χ1v) is 17.5. The molecule has 0 fully saturated rings. The number of para-hydroxylation sites is 2. The van der Waals surface area contributed by atoms with E-state index in [1.807, 2.05) is 0 Å². The van der Waals surface area contributed by atoms with E-state index in [0.717, 1.165) is 18.5 Å². The van der Waals surface area contributed by atoms with Crippen LogP contribution in [0.3, 0.4) is 0 Å². The molecule has 0 unspecified atom stereocenters. The van der Waals surface area contributed by atoms with E-state index in [1.54, 1.807) is 0 Å². The minimum Gasteiger partial charge on any atom is -0.313 e. The molecular weight excluding hydrogens is 605 g/mol. The lowest BCUT2D eigenvalue weighted by molar-refractivity contribution is 0.888. The number of allylic oxidation sites excluding steroid dienone is 1. The van der Waals surface area contributed by atoms with Gasteiger partial charge in [0.1, 0.15) is 0 Å². The molecule has 0 bridgehead atoms. The summed E-state index contributed by atoms with van der Waals surface area (Å²) in [4.78, 5) is 0. The Kier molecular flexibility index (Phi) is 6.67. The molecule has 0 radical (unpaired) electrons. The second-order valence-corrected chi connectivity index (χ2v) is 13.3. The predicted molar refractivity (Wildman–Crippen MR) is 211 cm³/mol. The van der Waals surface area contributed by atoms with Crippen molar-refractivity contribution in [3.63, 3.8) is 0 Å². The summed E-state index contributed by atoms with van der Waals surface area (Å²) in [7, 11) is 0. The number of hydrogen-bond acceptors (Lipinski definition) is 0. The molecule has 1 aliphatic rings. The molecule has 236 valence electrons. The third-order valence-electron chi connectivity index (χ3n) is 10.4. The maximum atomic E-state index is 2.46. The molecule has 0 spiro atoms. The zero-order valence-electron chi connectivity index (χ0n) is 27.6. The quantitative estimate of drug-likeness (QED) is 0.178. The molecule has 0 saturated heterocycles. The van der Waals surface area contributed by atoms with Crippen LogP contribution in [-0.2, 0) is 6.42 Å². The van der Waals surface area contributed by atoms with Crippen molar-refractivity contribution < 1.29 is 0 Å². The van der Waals surface area contributed by atoms with E-state index in [-0.39, 0.29) is 0 Å². The smallest absolute Gasteiger partial charge is 0.0547 e. The van der Waals surface area contributed by atoms with Crippen LogP contribution in [0.15, 0.2) is 176 Å². The van der Waals surface area contributed by atoms with Gasteiger partial charge in [-0.2, -0.15) is 0 Å². The van der Waals surface area contributed by atoms with Gasteiger partial charge in [-0.25, -0.2) is 0 Å². The van der Waals surface area contributed by atoms with Crippen LogP contribution < -0.4 is 0 Å². The fourth-order valence-electron chi connectivity index (χ4n) is 8.02. The minimum absolute atomic E-state index is 1.05. The SMILES string of the molecule is C1=Cc2c(n(-c3ccccc3)c3ccc(-c4ccc5c(c4)c4ccc(-c6cccc(-c7ccccc7)c6)cc4n5-c4ccccc4)cc23)CC1. The Morgan fingerprint density at radius 3 is 1.62 bits per heavy atom. The third-order valence-corrected chi connectivity index (χ3v) is 10.4. The van der Waals surface area contributed by atoms with Crippen LogP contribution in [0.2, 0.25) is 0 Å². The molecule has 0 saturated carbocycles. The van der Waals surface area contributed by atoms with Gasteiger partial charge in [-0.3, -0.25) is 0 Å². The Bertz CT molecular complexity index is 2730. The highest BCUT2D eigenvalue weighted by molar-refractivity contribution is 6.11. The summed E-state index contributed by atoms with van der Waals surface area (Å²) in [5.74, 6) is 0. The van der Waals surface area contributed by atoms with Gasteiger partial charge in [0, 0.05) is 38.8 Å². The van der Waals surface area contributed by atoms with Gasteiger partial charge in [-0.05, 0) is 107 Å². The van der Waals surface area contributed by atoms with E-state index in [1.165, 1.54) is 83.0 Å². The van der Waals surface area contributed by atoms with Crippen LogP contribution >= 0.6 is 0 Å². The van der Waals surface area contributed by atoms with Crippen molar-refractivity contribution in [3.8, 4) is 44.8 Å². The molecule has 0 aliphatic heterocycles.